The molecule has 2 bridgehead atoms. The van der Waals surface area contributed by atoms with Gasteiger partial charge < -0.3 is 10.1 Å². The van der Waals surface area contributed by atoms with Gasteiger partial charge in [-0.3, -0.25) is 4.79 Å². The average molecular weight is 223 g/mol. The summed E-state index contributed by atoms with van der Waals surface area (Å²) in [5.41, 5.74) is 0. The van der Waals surface area contributed by atoms with E-state index in [1.165, 1.54) is 19.3 Å². The molecule has 1 N–H and O–H groups in total. The van der Waals surface area contributed by atoms with E-state index in [0.717, 1.165) is 38.3 Å². The van der Waals surface area contributed by atoms with E-state index < -0.39 is 0 Å². The normalized spacial score (nSPS) is 41.5. The molecule has 90 valence electrons. The molecule has 2 saturated carbocycles. The summed E-state index contributed by atoms with van der Waals surface area (Å²) < 4.78 is 5.51. The van der Waals surface area contributed by atoms with Crippen molar-refractivity contribution in [2.45, 2.75) is 44.6 Å². The first-order valence-electron chi connectivity index (χ1n) is 6.72. The number of nitrogens with one attached hydrogen (secondary N) is 1. The summed E-state index contributed by atoms with van der Waals surface area (Å²) >= 11 is 0. The van der Waals surface area contributed by atoms with E-state index in [1.807, 2.05) is 0 Å². The molecule has 4 atom stereocenters. The zero-order valence-corrected chi connectivity index (χ0v) is 9.78. The third kappa shape index (κ3) is 1.97. The summed E-state index contributed by atoms with van der Waals surface area (Å²) in [6, 6.07) is 0. The van der Waals surface area contributed by atoms with Gasteiger partial charge in [-0.1, -0.05) is 6.42 Å². The average Bonchev–Trinajstić information content (AvgIpc) is 3.01. The smallest absolute Gasteiger partial charge is 0.223 e. The van der Waals surface area contributed by atoms with Crippen LogP contribution in [-0.4, -0.2) is 25.2 Å². The van der Waals surface area contributed by atoms with Gasteiger partial charge in [0, 0.05) is 19.1 Å². The Morgan fingerprint density at radius 2 is 2.19 bits per heavy atom. The fourth-order valence-electron chi connectivity index (χ4n) is 3.72. The van der Waals surface area contributed by atoms with Crippen molar-refractivity contribution in [2.24, 2.45) is 17.8 Å². The summed E-state index contributed by atoms with van der Waals surface area (Å²) in [6.45, 7) is 1.60. The summed E-state index contributed by atoms with van der Waals surface area (Å²) in [5.74, 6) is 2.15. The zero-order chi connectivity index (χ0) is 11.0. The maximum Gasteiger partial charge on any atom is 0.223 e. The third-order valence-electron chi connectivity index (χ3n) is 4.60. The molecule has 1 saturated heterocycles. The molecule has 3 aliphatic rings. The second kappa shape index (κ2) is 4.36. The summed E-state index contributed by atoms with van der Waals surface area (Å²) in [7, 11) is 0. The van der Waals surface area contributed by atoms with Crippen LogP contribution in [0, 0.1) is 17.8 Å². The number of carbonyl (C=O) groups is 1. The third-order valence-corrected chi connectivity index (χ3v) is 4.60. The molecule has 0 radical (unpaired) electrons. The van der Waals surface area contributed by atoms with Crippen LogP contribution in [0.4, 0.5) is 0 Å². The monoisotopic (exact) mass is 223 g/mol. The predicted octanol–water partition coefficient (Wildman–Crippen LogP) is 1.72. The minimum absolute atomic E-state index is 0.280. The minimum Gasteiger partial charge on any atom is -0.376 e. The number of fused-ring (bicyclic) bond motifs is 2. The minimum atomic E-state index is 0.280. The maximum absolute atomic E-state index is 12.0. The van der Waals surface area contributed by atoms with E-state index in [1.54, 1.807) is 0 Å². The lowest BCUT2D eigenvalue weighted by Gasteiger charge is -2.21. The van der Waals surface area contributed by atoms with Gasteiger partial charge in [-0.25, -0.2) is 0 Å². The molecule has 1 amide bonds. The number of hydrogen-bond acceptors (Lipinski definition) is 2. The van der Waals surface area contributed by atoms with E-state index in [9.17, 15) is 4.79 Å². The van der Waals surface area contributed by atoms with Crippen molar-refractivity contribution >= 4 is 5.91 Å². The van der Waals surface area contributed by atoms with Gasteiger partial charge >= 0.3 is 0 Å². The lowest BCUT2D eigenvalue weighted by Crippen LogP contribution is -2.38. The van der Waals surface area contributed by atoms with Crippen LogP contribution in [0.1, 0.15) is 38.5 Å². The maximum atomic E-state index is 12.0. The molecule has 2 aliphatic carbocycles. The molecule has 3 fully saturated rings. The Bertz CT molecular complexity index is 273. The lowest BCUT2D eigenvalue weighted by atomic mass is 9.88. The van der Waals surface area contributed by atoms with Gasteiger partial charge in [0.2, 0.25) is 5.91 Å². The largest absolute Gasteiger partial charge is 0.376 e. The van der Waals surface area contributed by atoms with Gasteiger partial charge in [-0.15, -0.1) is 0 Å². The highest BCUT2D eigenvalue weighted by molar-refractivity contribution is 5.79. The van der Waals surface area contributed by atoms with Crippen LogP contribution in [0.5, 0.6) is 0 Å². The van der Waals surface area contributed by atoms with E-state index in [2.05, 4.69) is 5.32 Å². The van der Waals surface area contributed by atoms with Crippen molar-refractivity contribution in [3.63, 3.8) is 0 Å². The van der Waals surface area contributed by atoms with Crippen molar-refractivity contribution in [3.8, 4) is 0 Å². The first-order chi connectivity index (χ1) is 7.83. The molecule has 0 aromatic rings. The molecule has 3 nitrogen and oxygen atoms in total. The Balaban J connectivity index is 1.46. The quantitative estimate of drug-likeness (QED) is 0.791. The van der Waals surface area contributed by atoms with Crippen molar-refractivity contribution in [3.05, 3.63) is 0 Å². The second-order valence-electron chi connectivity index (χ2n) is 5.66. The Kier molecular flexibility index (Phi) is 2.88. The number of amides is 1. The predicted molar refractivity (Wildman–Crippen MR) is 60.9 cm³/mol. The zero-order valence-electron chi connectivity index (χ0n) is 9.78. The molecule has 0 spiro atoms. The van der Waals surface area contributed by atoms with Gasteiger partial charge in [-0.2, -0.15) is 0 Å². The van der Waals surface area contributed by atoms with Crippen molar-refractivity contribution in [1.82, 2.24) is 5.32 Å². The fourth-order valence-corrected chi connectivity index (χ4v) is 3.72. The van der Waals surface area contributed by atoms with Crippen LogP contribution < -0.4 is 5.32 Å². The van der Waals surface area contributed by atoms with Gasteiger partial charge in [0.25, 0.3) is 0 Å². The second-order valence-corrected chi connectivity index (χ2v) is 5.66. The number of hydrogen-bond donors (Lipinski definition) is 1. The van der Waals surface area contributed by atoms with Crippen LogP contribution in [0.2, 0.25) is 0 Å². The lowest BCUT2D eigenvalue weighted by molar-refractivity contribution is -0.127. The van der Waals surface area contributed by atoms with Crippen LogP contribution >= 0.6 is 0 Å². The highest BCUT2D eigenvalue weighted by atomic mass is 16.5. The van der Waals surface area contributed by atoms with Gasteiger partial charge in [0.1, 0.15) is 0 Å². The summed E-state index contributed by atoms with van der Waals surface area (Å²) in [6.07, 6.45) is 7.62. The van der Waals surface area contributed by atoms with Crippen molar-refractivity contribution < 1.29 is 9.53 Å². The molecule has 0 unspecified atom stereocenters. The number of carbonyl (C=O) groups excluding carboxylic acids is 1. The molecule has 16 heavy (non-hydrogen) atoms. The van der Waals surface area contributed by atoms with Crippen LogP contribution in [0.3, 0.4) is 0 Å². The first kappa shape index (κ1) is 10.6. The number of rotatable bonds is 3. The molecular weight excluding hydrogens is 202 g/mol. The Hall–Kier alpha value is -0.570. The van der Waals surface area contributed by atoms with Crippen molar-refractivity contribution in [2.75, 3.05) is 13.2 Å². The topological polar surface area (TPSA) is 38.3 Å². The Morgan fingerprint density at radius 3 is 2.81 bits per heavy atom. The molecule has 0 aromatic heterocycles. The number of ether oxygens (including phenoxy) is 1. The standard InChI is InChI=1S/C13H21NO2/c15-13(14-8-11-2-1-5-16-11)12-7-9-3-4-10(12)6-9/h9-12H,1-8H2,(H,14,15)/t9-,10-,11-,12+/m0/s1. The van der Waals surface area contributed by atoms with E-state index in [4.69, 9.17) is 4.74 Å². The molecular formula is C13H21NO2. The molecule has 1 aliphatic heterocycles. The molecule has 3 heteroatoms. The van der Waals surface area contributed by atoms with Crippen LogP contribution in [-0.2, 0) is 9.53 Å². The molecule has 1 heterocycles. The highest BCUT2D eigenvalue weighted by Gasteiger charge is 2.42. The van der Waals surface area contributed by atoms with Gasteiger partial charge in [0.05, 0.1) is 6.10 Å². The van der Waals surface area contributed by atoms with Gasteiger partial charge in [0.15, 0.2) is 0 Å². The van der Waals surface area contributed by atoms with Crippen LogP contribution in [0.15, 0.2) is 0 Å². The van der Waals surface area contributed by atoms with E-state index in [-0.39, 0.29) is 6.10 Å². The summed E-state index contributed by atoms with van der Waals surface area (Å²) in [4.78, 5) is 12.0. The van der Waals surface area contributed by atoms with E-state index >= 15 is 0 Å². The first-order valence-corrected chi connectivity index (χ1v) is 6.72. The molecule has 0 aromatic carbocycles. The Labute approximate surface area is 96.9 Å². The van der Waals surface area contributed by atoms with Crippen LogP contribution in [0.25, 0.3) is 0 Å². The van der Waals surface area contributed by atoms with Crippen molar-refractivity contribution in [1.29, 1.82) is 0 Å². The molecule has 3 rings (SSSR count). The highest BCUT2D eigenvalue weighted by Crippen LogP contribution is 2.48. The Morgan fingerprint density at radius 1 is 1.25 bits per heavy atom. The SMILES string of the molecule is O=C(NC[C@@H]1CCCO1)[C@@H]1C[C@H]2CC[C@H]1C2. The van der Waals surface area contributed by atoms with Gasteiger partial charge in [-0.05, 0) is 43.9 Å². The fraction of sp³-hybridized carbons (Fsp3) is 0.923. The summed E-state index contributed by atoms with van der Waals surface area (Å²) in [5, 5.41) is 3.09. The van der Waals surface area contributed by atoms with E-state index in [0.29, 0.717) is 17.7 Å².